The van der Waals surface area contributed by atoms with Gasteiger partial charge in [0, 0.05) is 6.04 Å². The molecule has 0 atom stereocenters. The van der Waals surface area contributed by atoms with Gasteiger partial charge in [0.1, 0.15) is 4.90 Å². The van der Waals surface area contributed by atoms with Crippen LogP contribution in [0.4, 0.5) is 5.69 Å². The predicted octanol–water partition coefficient (Wildman–Crippen LogP) is 1.93. The summed E-state index contributed by atoms with van der Waals surface area (Å²) in [6, 6.07) is 6.97. The minimum atomic E-state index is -3.66. The van der Waals surface area contributed by atoms with Crippen molar-refractivity contribution in [3.63, 3.8) is 0 Å². The number of rotatable bonds is 5. The van der Waals surface area contributed by atoms with Gasteiger partial charge in [0.05, 0.1) is 5.69 Å². The summed E-state index contributed by atoms with van der Waals surface area (Å²) >= 11 is 0. The van der Waals surface area contributed by atoms with Gasteiger partial charge < -0.3 is 5.32 Å². The van der Waals surface area contributed by atoms with Crippen LogP contribution in [0.5, 0.6) is 0 Å². The quantitative estimate of drug-likeness (QED) is 0.828. The van der Waals surface area contributed by atoms with E-state index in [-0.39, 0.29) is 10.9 Å². The topological polar surface area (TPSA) is 72.2 Å². The van der Waals surface area contributed by atoms with Crippen molar-refractivity contribution in [1.82, 2.24) is 0 Å². The molecule has 0 spiro atoms. The zero-order chi connectivity index (χ0) is 12.2. The third kappa shape index (κ3) is 3.21. The Bertz CT molecular complexity index is 439. The van der Waals surface area contributed by atoms with Gasteiger partial charge in [-0.3, -0.25) is 0 Å². The number of nitrogens with two attached hydrogens (primary N) is 1. The molecule has 0 aliphatic carbocycles. The lowest BCUT2D eigenvalue weighted by Gasteiger charge is -2.18. The van der Waals surface area contributed by atoms with E-state index in [4.69, 9.17) is 5.14 Å². The molecule has 1 aromatic rings. The minimum Gasteiger partial charge on any atom is -0.381 e. The monoisotopic (exact) mass is 242 g/mol. The van der Waals surface area contributed by atoms with Crippen molar-refractivity contribution >= 4 is 15.7 Å². The average molecular weight is 242 g/mol. The summed E-state index contributed by atoms with van der Waals surface area (Å²) in [5, 5.41) is 8.34. The first-order valence-electron chi connectivity index (χ1n) is 5.37. The molecule has 5 heteroatoms. The van der Waals surface area contributed by atoms with Crippen LogP contribution in [-0.2, 0) is 10.0 Å². The highest BCUT2D eigenvalue weighted by atomic mass is 32.2. The summed E-state index contributed by atoms with van der Waals surface area (Å²) in [7, 11) is -3.66. The summed E-state index contributed by atoms with van der Waals surface area (Å²) < 4.78 is 22.7. The summed E-state index contributed by atoms with van der Waals surface area (Å²) in [6.07, 6.45) is 1.88. The van der Waals surface area contributed by atoms with Crippen LogP contribution >= 0.6 is 0 Å². The molecule has 3 N–H and O–H groups in total. The Kier molecular flexibility index (Phi) is 4.32. The van der Waals surface area contributed by atoms with Gasteiger partial charge in [-0.15, -0.1) is 0 Å². The normalized spacial score (nSPS) is 11.8. The second kappa shape index (κ2) is 5.32. The highest BCUT2D eigenvalue weighted by molar-refractivity contribution is 7.89. The number of para-hydroxylation sites is 1. The summed E-state index contributed by atoms with van der Waals surface area (Å²) in [5.41, 5.74) is 0.582. The largest absolute Gasteiger partial charge is 0.381 e. The van der Waals surface area contributed by atoms with Crippen LogP contribution in [0.15, 0.2) is 29.2 Å². The first-order chi connectivity index (χ1) is 7.49. The van der Waals surface area contributed by atoms with Crippen LogP contribution in [0.3, 0.4) is 0 Å². The van der Waals surface area contributed by atoms with E-state index in [9.17, 15) is 8.42 Å². The Hall–Kier alpha value is -1.07. The molecule has 0 aliphatic heterocycles. The lowest BCUT2D eigenvalue weighted by Crippen LogP contribution is -2.21. The van der Waals surface area contributed by atoms with Crippen LogP contribution in [-0.4, -0.2) is 14.5 Å². The van der Waals surface area contributed by atoms with Crippen LogP contribution in [0.2, 0.25) is 0 Å². The molecule has 0 fully saturated rings. The zero-order valence-corrected chi connectivity index (χ0v) is 10.4. The van der Waals surface area contributed by atoms with Gasteiger partial charge >= 0.3 is 0 Å². The van der Waals surface area contributed by atoms with Gasteiger partial charge in [-0.1, -0.05) is 26.0 Å². The van der Waals surface area contributed by atoms with Gasteiger partial charge in [0.25, 0.3) is 0 Å². The van der Waals surface area contributed by atoms with Crippen molar-refractivity contribution < 1.29 is 8.42 Å². The molecule has 0 heterocycles. The maximum atomic E-state index is 11.3. The van der Waals surface area contributed by atoms with E-state index in [0.29, 0.717) is 5.69 Å². The van der Waals surface area contributed by atoms with E-state index in [2.05, 4.69) is 19.2 Å². The Labute approximate surface area is 96.9 Å². The fourth-order valence-electron chi connectivity index (χ4n) is 1.55. The molecule has 4 nitrogen and oxygen atoms in total. The van der Waals surface area contributed by atoms with Crippen molar-refractivity contribution in [1.29, 1.82) is 0 Å². The smallest absolute Gasteiger partial charge is 0.240 e. The summed E-state index contributed by atoms with van der Waals surface area (Å²) in [5.74, 6) is 0. The van der Waals surface area contributed by atoms with Crippen LogP contribution < -0.4 is 10.5 Å². The lowest BCUT2D eigenvalue weighted by atomic mass is 10.1. The SMILES string of the molecule is CCC(CC)Nc1ccccc1S(N)(=O)=O. The maximum Gasteiger partial charge on any atom is 0.240 e. The van der Waals surface area contributed by atoms with E-state index >= 15 is 0 Å². The third-order valence-electron chi connectivity index (χ3n) is 2.54. The lowest BCUT2D eigenvalue weighted by molar-refractivity contribution is 0.597. The van der Waals surface area contributed by atoms with Gasteiger partial charge in [-0.2, -0.15) is 0 Å². The number of anilines is 1. The fourth-order valence-corrected chi connectivity index (χ4v) is 2.25. The molecule has 1 aromatic carbocycles. The predicted molar refractivity (Wildman–Crippen MR) is 65.8 cm³/mol. The van der Waals surface area contributed by atoms with Gasteiger partial charge in [0.15, 0.2) is 0 Å². The Morgan fingerprint density at radius 1 is 1.25 bits per heavy atom. The minimum absolute atomic E-state index is 0.155. The molecule has 0 radical (unpaired) electrons. The number of sulfonamides is 1. The number of primary sulfonamides is 1. The molecule has 0 amide bonds. The zero-order valence-electron chi connectivity index (χ0n) is 9.60. The van der Waals surface area contributed by atoms with E-state index in [1.54, 1.807) is 18.2 Å². The van der Waals surface area contributed by atoms with Crippen molar-refractivity contribution in [2.45, 2.75) is 37.6 Å². The first-order valence-corrected chi connectivity index (χ1v) is 6.92. The van der Waals surface area contributed by atoms with E-state index in [1.165, 1.54) is 6.07 Å². The molecule has 0 unspecified atom stereocenters. The molecule has 0 saturated carbocycles. The molecular formula is C11H18N2O2S. The third-order valence-corrected chi connectivity index (χ3v) is 3.51. The first kappa shape index (κ1) is 13.0. The van der Waals surface area contributed by atoms with Gasteiger partial charge in [-0.05, 0) is 25.0 Å². The Morgan fingerprint density at radius 2 is 1.81 bits per heavy atom. The summed E-state index contributed by atoms with van der Waals surface area (Å²) in [4.78, 5) is 0.155. The molecular weight excluding hydrogens is 224 g/mol. The average Bonchev–Trinajstić information content (AvgIpc) is 2.25. The summed E-state index contributed by atoms with van der Waals surface area (Å²) in [6.45, 7) is 4.11. The van der Waals surface area contributed by atoms with Crippen molar-refractivity contribution in [2.75, 3.05) is 5.32 Å². The number of hydrogen-bond donors (Lipinski definition) is 2. The molecule has 0 aliphatic rings. The molecule has 0 bridgehead atoms. The molecule has 0 saturated heterocycles. The molecule has 90 valence electrons. The number of benzene rings is 1. The number of hydrogen-bond acceptors (Lipinski definition) is 3. The highest BCUT2D eigenvalue weighted by Crippen LogP contribution is 2.21. The molecule has 0 aromatic heterocycles. The van der Waals surface area contributed by atoms with Crippen LogP contribution in [0, 0.1) is 0 Å². The maximum absolute atomic E-state index is 11.3. The standard InChI is InChI=1S/C11H18N2O2S/c1-3-9(4-2)13-10-7-5-6-8-11(10)16(12,14)15/h5-9,13H,3-4H2,1-2H3,(H2,12,14,15). The van der Waals surface area contributed by atoms with E-state index < -0.39 is 10.0 Å². The highest BCUT2D eigenvalue weighted by Gasteiger charge is 2.14. The van der Waals surface area contributed by atoms with Gasteiger partial charge in [-0.25, -0.2) is 13.6 Å². The van der Waals surface area contributed by atoms with E-state index in [1.807, 2.05) is 0 Å². The van der Waals surface area contributed by atoms with Crippen molar-refractivity contribution in [3.8, 4) is 0 Å². The van der Waals surface area contributed by atoms with Crippen molar-refractivity contribution in [2.24, 2.45) is 5.14 Å². The Balaban J connectivity index is 3.05. The van der Waals surface area contributed by atoms with Crippen LogP contribution in [0.25, 0.3) is 0 Å². The van der Waals surface area contributed by atoms with Crippen molar-refractivity contribution in [3.05, 3.63) is 24.3 Å². The number of nitrogens with one attached hydrogen (secondary N) is 1. The second-order valence-corrected chi connectivity index (χ2v) is 5.23. The molecule has 16 heavy (non-hydrogen) atoms. The second-order valence-electron chi connectivity index (χ2n) is 3.70. The van der Waals surface area contributed by atoms with Gasteiger partial charge in [0.2, 0.25) is 10.0 Å². The van der Waals surface area contributed by atoms with E-state index in [0.717, 1.165) is 12.8 Å². The Morgan fingerprint density at radius 3 is 2.31 bits per heavy atom. The van der Waals surface area contributed by atoms with Crippen LogP contribution in [0.1, 0.15) is 26.7 Å². The fraction of sp³-hybridized carbons (Fsp3) is 0.455. The molecule has 1 rings (SSSR count).